The Bertz CT molecular complexity index is 1190. The fourth-order valence-electron chi connectivity index (χ4n) is 3.16. The maximum atomic E-state index is 11.8. The van der Waals surface area contributed by atoms with Gasteiger partial charge in [-0.15, -0.1) is 0 Å². The largest absolute Gasteiger partial charge is 0.497 e. The van der Waals surface area contributed by atoms with Crippen LogP contribution >= 0.6 is 0 Å². The van der Waals surface area contributed by atoms with E-state index in [2.05, 4.69) is 20.6 Å². The molecule has 0 atom stereocenters. The van der Waals surface area contributed by atoms with Crippen molar-refractivity contribution in [3.63, 3.8) is 0 Å². The van der Waals surface area contributed by atoms with Crippen LogP contribution in [0, 0.1) is 10.1 Å². The van der Waals surface area contributed by atoms with E-state index in [-0.39, 0.29) is 17.3 Å². The Labute approximate surface area is 172 Å². The van der Waals surface area contributed by atoms with E-state index in [4.69, 9.17) is 4.74 Å². The van der Waals surface area contributed by atoms with Crippen molar-refractivity contribution in [2.75, 3.05) is 17.7 Å². The van der Waals surface area contributed by atoms with Gasteiger partial charge in [-0.05, 0) is 29.1 Å². The molecule has 0 unspecified atom stereocenters. The molecule has 8 nitrogen and oxygen atoms in total. The lowest BCUT2D eigenvalue weighted by molar-refractivity contribution is -0.383. The van der Waals surface area contributed by atoms with Crippen LogP contribution in [0.15, 0.2) is 73.1 Å². The molecule has 0 radical (unpaired) electrons. The summed E-state index contributed by atoms with van der Waals surface area (Å²) in [5.74, 6) is 1.02. The van der Waals surface area contributed by atoms with E-state index in [1.54, 1.807) is 7.11 Å². The molecule has 0 aliphatic heterocycles. The van der Waals surface area contributed by atoms with Crippen molar-refractivity contribution in [2.24, 2.45) is 0 Å². The molecule has 0 spiro atoms. The minimum absolute atomic E-state index is 0.128. The summed E-state index contributed by atoms with van der Waals surface area (Å²) in [6.07, 6.45) is 1.30. The first-order valence-electron chi connectivity index (χ1n) is 9.26. The molecule has 0 aliphatic rings. The van der Waals surface area contributed by atoms with Gasteiger partial charge in [0.25, 0.3) is 0 Å². The summed E-state index contributed by atoms with van der Waals surface area (Å²) >= 11 is 0. The Morgan fingerprint density at radius 1 is 0.967 bits per heavy atom. The maximum Gasteiger partial charge on any atom is 0.353 e. The summed E-state index contributed by atoms with van der Waals surface area (Å²) in [5.41, 5.74) is 1.46. The second-order valence-corrected chi connectivity index (χ2v) is 6.53. The van der Waals surface area contributed by atoms with Gasteiger partial charge in [0.05, 0.1) is 12.0 Å². The number of nitrogens with zero attached hydrogens (tertiary/aromatic N) is 3. The van der Waals surface area contributed by atoms with Gasteiger partial charge in [0.15, 0.2) is 0 Å². The van der Waals surface area contributed by atoms with Crippen LogP contribution in [-0.4, -0.2) is 22.0 Å². The van der Waals surface area contributed by atoms with Crippen molar-refractivity contribution in [1.82, 2.24) is 9.97 Å². The van der Waals surface area contributed by atoms with Crippen molar-refractivity contribution in [3.8, 4) is 5.75 Å². The molecular formula is C22H19N5O3. The molecule has 0 saturated heterocycles. The predicted octanol–water partition coefficient (Wildman–Crippen LogP) is 4.90. The normalized spacial score (nSPS) is 10.6. The number of ether oxygens (including phenoxy) is 1. The highest BCUT2D eigenvalue weighted by Gasteiger charge is 2.23. The van der Waals surface area contributed by atoms with E-state index in [1.807, 2.05) is 66.7 Å². The molecule has 0 fully saturated rings. The summed E-state index contributed by atoms with van der Waals surface area (Å²) in [6, 6.07) is 21.0. The highest BCUT2D eigenvalue weighted by atomic mass is 16.6. The number of nitrogens with one attached hydrogen (secondary N) is 2. The number of benzene rings is 3. The van der Waals surface area contributed by atoms with Gasteiger partial charge in [0.1, 0.15) is 12.1 Å². The van der Waals surface area contributed by atoms with Crippen LogP contribution in [0.3, 0.4) is 0 Å². The van der Waals surface area contributed by atoms with Crippen LogP contribution in [0.25, 0.3) is 10.8 Å². The minimum atomic E-state index is -0.482. The molecule has 0 bridgehead atoms. The summed E-state index contributed by atoms with van der Waals surface area (Å²) < 4.78 is 5.15. The van der Waals surface area contributed by atoms with Crippen LogP contribution in [0.4, 0.5) is 23.0 Å². The van der Waals surface area contributed by atoms with Crippen LogP contribution in [0.5, 0.6) is 5.75 Å². The number of anilines is 3. The van der Waals surface area contributed by atoms with E-state index >= 15 is 0 Å². The van der Waals surface area contributed by atoms with E-state index in [1.165, 1.54) is 6.33 Å². The second kappa shape index (κ2) is 8.44. The molecule has 4 aromatic rings. The summed E-state index contributed by atoms with van der Waals surface area (Å²) in [5, 5.41) is 19.9. The number of hydrogen-bond donors (Lipinski definition) is 2. The summed E-state index contributed by atoms with van der Waals surface area (Å²) in [4.78, 5) is 19.5. The van der Waals surface area contributed by atoms with Gasteiger partial charge in [0.2, 0.25) is 11.6 Å². The second-order valence-electron chi connectivity index (χ2n) is 6.53. The Kier molecular flexibility index (Phi) is 5.38. The molecule has 1 heterocycles. The van der Waals surface area contributed by atoms with E-state index in [0.717, 1.165) is 27.8 Å². The first-order valence-corrected chi connectivity index (χ1v) is 9.26. The lowest BCUT2D eigenvalue weighted by Crippen LogP contribution is -2.08. The first kappa shape index (κ1) is 19.1. The number of hydrogen-bond acceptors (Lipinski definition) is 7. The van der Waals surface area contributed by atoms with Crippen molar-refractivity contribution in [1.29, 1.82) is 0 Å². The zero-order chi connectivity index (χ0) is 20.9. The molecule has 150 valence electrons. The average Bonchev–Trinajstić information content (AvgIpc) is 2.78. The molecule has 0 aliphatic carbocycles. The number of nitro groups is 1. The van der Waals surface area contributed by atoms with Gasteiger partial charge in [-0.3, -0.25) is 10.1 Å². The lowest BCUT2D eigenvalue weighted by Gasteiger charge is -2.12. The van der Waals surface area contributed by atoms with Gasteiger partial charge in [0, 0.05) is 17.6 Å². The molecule has 0 amide bonds. The SMILES string of the molecule is COc1ccc(CNc2ncnc(Nc3cccc4ccccc34)c2[N+](=O)[O-])cc1. The predicted molar refractivity (Wildman–Crippen MR) is 116 cm³/mol. The van der Waals surface area contributed by atoms with Crippen LogP contribution in [0.1, 0.15) is 5.56 Å². The highest BCUT2D eigenvalue weighted by Crippen LogP contribution is 2.33. The Hall–Kier alpha value is -4.20. The van der Waals surface area contributed by atoms with Crippen LogP contribution in [-0.2, 0) is 6.54 Å². The van der Waals surface area contributed by atoms with E-state index in [9.17, 15) is 10.1 Å². The standard InChI is InChI=1S/C22H19N5O3/c1-30-17-11-9-15(10-12-17)13-23-21-20(27(28)29)22(25-14-24-21)26-19-8-4-6-16-5-2-3-7-18(16)19/h2-12,14H,13H2,1H3,(H2,23,24,25,26). The quantitative estimate of drug-likeness (QED) is 0.335. The fraction of sp³-hybridized carbons (Fsp3) is 0.0909. The number of aromatic nitrogens is 2. The molecule has 30 heavy (non-hydrogen) atoms. The Balaban J connectivity index is 1.63. The molecule has 1 aromatic heterocycles. The zero-order valence-electron chi connectivity index (χ0n) is 16.2. The molecule has 4 rings (SSSR count). The van der Waals surface area contributed by atoms with Crippen molar-refractivity contribution < 1.29 is 9.66 Å². The van der Waals surface area contributed by atoms with Crippen LogP contribution in [0.2, 0.25) is 0 Å². The minimum Gasteiger partial charge on any atom is -0.497 e. The third-order valence-electron chi connectivity index (χ3n) is 4.67. The number of rotatable bonds is 7. The van der Waals surface area contributed by atoms with E-state index in [0.29, 0.717) is 6.54 Å². The van der Waals surface area contributed by atoms with Gasteiger partial charge in [-0.1, -0.05) is 48.5 Å². The Morgan fingerprint density at radius 3 is 2.47 bits per heavy atom. The zero-order valence-corrected chi connectivity index (χ0v) is 16.2. The first-order chi connectivity index (χ1) is 14.7. The van der Waals surface area contributed by atoms with Gasteiger partial charge in [-0.2, -0.15) is 0 Å². The Morgan fingerprint density at radius 2 is 1.70 bits per heavy atom. The fourth-order valence-corrected chi connectivity index (χ4v) is 3.16. The van der Waals surface area contributed by atoms with E-state index < -0.39 is 4.92 Å². The summed E-state index contributed by atoms with van der Waals surface area (Å²) in [7, 11) is 1.60. The smallest absolute Gasteiger partial charge is 0.353 e. The van der Waals surface area contributed by atoms with Gasteiger partial charge < -0.3 is 15.4 Å². The van der Waals surface area contributed by atoms with Crippen molar-refractivity contribution >= 4 is 33.8 Å². The topological polar surface area (TPSA) is 102 Å². The monoisotopic (exact) mass is 401 g/mol. The molecule has 2 N–H and O–H groups in total. The molecule has 3 aromatic carbocycles. The van der Waals surface area contributed by atoms with Gasteiger partial charge in [-0.25, -0.2) is 9.97 Å². The lowest BCUT2D eigenvalue weighted by atomic mass is 10.1. The molecular weight excluding hydrogens is 382 g/mol. The number of fused-ring (bicyclic) bond motifs is 1. The maximum absolute atomic E-state index is 11.8. The number of methoxy groups -OCH3 is 1. The third-order valence-corrected chi connectivity index (χ3v) is 4.67. The highest BCUT2D eigenvalue weighted by molar-refractivity contribution is 5.96. The molecule has 0 saturated carbocycles. The van der Waals surface area contributed by atoms with Crippen molar-refractivity contribution in [3.05, 3.63) is 88.7 Å². The average molecular weight is 401 g/mol. The third kappa shape index (κ3) is 3.97. The van der Waals surface area contributed by atoms with Crippen molar-refractivity contribution in [2.45, 2.75) is 6.54 Å². The molecule has 8 heteroatoms. The summed E-state index contributed by atoms with van der Waals surface area (Å²) in [6.45, 7) is 0.371. The van der Waals surface area contributed by atoms with Gasteiger partial charge >= 0.3 is 5.69 Å². The van der Waals surface area contributed by atoms with Crippen LogP contribution < -0.4 is 15.4 Å².